The highest BCUT2D eigenvalue weighted by atomic mass is 19.1. The van der Waals surface area contributed by atoms with Gasteiger partial charge in [-0.05, 0) is 30.7 Å². The number of hydrogen-bond donors (Lipinski definition) is 0. The molecule has 0 fully saturated rings. The summed E-state index contributed by atoms with van der Waals surface area (Å²) in [6.45, 7) is 2.91. The van der Waals surface area contributed by atoms with Gasteiger partial charge in [0.1, 0.15) is 12.4 Å². The SMILES string of the molecule is COCCOc1cnc(/C=C\N(C=O)Cc2nnc3c(F)cc(-c4cnn(C)c4)cn23)c(C)c1. The third kappa shape index (κ3) is 5.09. The summed E-state index contributed by atoms with van der Waals surface area (Å²) < 4.78 is 28.3. The number of pyridine rings is 2. The molecule has 0 radical (unpaired) electrons. The Morgan fingerprint density at radius 3 is 2.71 bits per heavy atom. The third-order valence-electron chi connectivity index (χ3n) is 5.10. The average Bonchev–Trinajstić information content (AvgIpc) is 3.44. The maximum absolute atomic E-state index is 14.6. The van der Waals surface area contributed by atoms with Crippen molar-refractivity contribution < 1.29 is 18.7 Å². The number of aromatic nitrogens is 6. The summed E-state index contributed by atoms with van der Waals surface area (Å²) in [5.74, 6) is 0.532. The topological polar surface area (TPSA) is 99.7 Å². The molecule has 0 N–H and O–H groups in total. The quantitative estimate of drug-likeness (QED) is 0.262. The largest absolute Gasteiger partial charge is 0.490 e. The van der Waals surface area contributed by atoms with E-state index in [0.717, 1.165) is 11.1 Å². The fourth-order valence-electron chi connectivity index (χ4n) is 3.35. The molecule has 0 spiro atoms. The van der Waals surface area contributed by atoms with Crippen molar-refractivity contribution in [3.8, 4) is 16.9 Å². The van der Waals surface area contributed by atoms with Gasteiger partial charge in [0.25, 0.3) is 0 Å². The lowest BCUT2D eigenvalue weighted by Gasteiger charge is -2.12. The Balaban J connectivity index is 1.53. The van der Waals surface area contributed by atoms with Crippen molar-refractivity contribution in [2.75, 3.05) is 20.3 Å². The number of fused-ring (bicyclic) bond motifs is 1. The second kappa shape index (κ2) is 10.2. The molecule has 0 aliphatic carbocycles. The molecule has 0 aliphatic rings. The lowest BCUT2D eigenvalue weighted by atomic mass is 10.1. The Kier molecular flexibility index (Phi) is 6.93. The minimum absolute atomic E-state index is 0.0824. The Morgan fingerprint density at radius 2 is 2.00 bits per heavy atom. The van der Waals surface area contributed by atoms with E-state index >= 15 is 0 Å². The van der Waals surface area contributed by atoms with Crippen molar-refractivity contribution in [2.45, 2.75) is 13.5 Å². The van der Waals surface area contributed by atoms with Crippen molar-refractivity contribution in [1.29, 1.82) is 0 Å². The molecule has 11 heteroatoms. The van der Waals surface area contributed by atoms with Crippen molar-refractivity contribution in [2.24, 2.45) is 7.05 Å². The summed E-state index contributed by atoms with van der Waals surface area (Å²) >= 11 is 0. The van der Waals surface area contributed by atoms with Crippen LogP contribution in [0.2, 0.25) is 0 Å². The van der Waals surface area contributed by atoms with E-state index in [1.807, 2.05) is 13.0 Å². The van der Waals surface area contributed by atoms with Gasteiger partial charge in [0, 0.05) is 43.9 Å². The zero-order valence-electron chi connectivity index (χ0n) is 19.1. The molecule has 0 saturated carbocycles. The summed E-state index contributed by atoms with van der Waals surface area (Å²) in [7, 11) is 3.40. The summed E-state index contributed by atoms with van der Waals surface area (Å²) in [5.41, 5.74) is 3.03. The number of hydrogen-bond acceptors (Lipinski definition) is 7. The standard InChI is InChI=1S/C23H24FN7O3/c1-16-8-19(34-7-6-33-3)11-25-21(16)4-5-30(15-32)14-22-27-28-23-20(24)9-17(13-31(22)23)18-10-26-29(2)12-18/h4-5,8-13,15H,6-7,14H2,1-3H3/b5-4-. The number of carbonyl (C=O) groups excluding carboxylic acids is 1. The molecule has 176 valence electrons. The van der Waals surface area contributed by atoms with E-state index in [9.17, 15) is 9.18 Å². The van der Waals surface area contributed by atoms with Gasteiger partial charge in [-0.1, -0.05) is 0 Å². The predicted molar refractivity (Wildman–Crippen MR) is 122 cm³/mol. The molecule has 0 atom stereocenters. The number of carbonyl (C=O) groups is 1. The third-order valence-corrected chi connectivity index (χ3v) is 5.10. The Morgan fingerprint density at radius 1 is 1.15 bits per heavy atom. The van der Waals surface area contributed by atoms with Crippen LogP contribution in [0.5, 0.6) is 5.75 Å². The highest BCUT2D eigenvalue weighted by molar-refractivity contribution is 5.64. The molecule has 10 nitrogen and oxygen atoms in total. The zero-order chi connectivity index (χ0) is 24.1. The Bertz CT molecular complexity index is 1330. The van der Waals surface area contributed by atoms with Gasteiger partial charge in [-0.2, -0.15) is 5.10 Å². The first-order valence-corrected chi connectivity index (χ1v) is 10.5. The van der Waals surface area contributed by atoms with Gasteiger partial charge in [-0.25, -0.2) is 4.39 Å². The van der Waals surface area contributed by atoms with Crippen molar-refractivity contribution in [3.05, 3.63) is 66.0 Å². The number of aryl methyl sites for hydroxylation is 2. The summed E-state index contributed by atoms with van der Waals surface area (Å²) in [5, 5.41) is 12.1. The summed E-state index contributed by atoms with van der Waals surface area (Å²) in [6.07, 6.45) is 10.7. The number of rotatable bonds is 10. The molecule has 0 aromatic carbocycles. The molecule has 1 amide bonds. The molecular weight excluding hydrogens is 441 g/mol. The minimum atomic E-state index is -0.513. The van der Waals surface area contributed by atoms with E-state index in [2.05, 4.69) is 20.3 Å². The average molecular weight is 465 g/mol. The molecule has 0 bridgehead atoms. The van der Waals surface area contributed by atoms with Crippen LogP contribution >= 0.6 is 0 Å². The maximum atomic E-state index is 14.6. The maximum Gasteiger partial charge on any atom is 0.214 e. The van der Waals surface area contributed by atoms with E-state index in [1.54, 1.807) is 55.9 Å². The van der Waals surface area contributed by atoms with Crippen LogP contribution in [0.25, 0.3) is 22.9 Å². The van der Waals surface area contributed by atoms with Crippen molar-refractivity contribution in [3.63, 3.8) is 0 Å². The lowest BCUT2D eigenvalue weighted by Crippen LogP contribution is -2.16. The molecule has 4 aromatic rings. The van der Waals surface area contributed by atoms with Crippen LogP contribution in [0.1, 0.15) is 17.1 Å². The van der Waals surface area contributed by atoms with E-state index in [4.69, 9.17) is 9.47 Å². The minimum Gasteiger partial charge on any atom is -0.490 e. The van der Waals surface area contributed by atoms with Crippen LogP contribution < -0.4 is 4.74 Å². The Hall–Kier alpha value is -4.12. The first-order chi connectivity index (χ1) is 16.5. The highest BCUT2D eigenvalue weighted by Gasteiger charge is 2.15. The molecule has 0 aliphatic heterocycles. The normalized spacial score (nSPS) is 11.4. The van der Waals surface area contributed by atoms with Crippen molar-refractivity contribution >= 4 is 18.1 Å². The molecular formula is C23H24FN7O3. The van der Waals surface area contributed by atoms with E-state index in [0.29, 0.717) is 42.5 Å². The fraction of sp³-hybridized carbons (Fsp3) is 0.261. The summed E-state index contributed by atoms with van der Waals surface area (Å²) in [4.78, 5) is 17.5. The number of ether oxygens (including phenoxy) is 2. The van der Waals surface area contributed by atoms with E-state index in [-0.39, 0.29) is 12.2 Å². The second-order valence-electron chi connectivity index (χ2n) is 7.60. The highest BCUT2D eigenvalue weighted by Crippen LogP contribution is 2.22. The van der Waals surface area contributed by atoms with Gasteiger partial charge in [0.05, 0.1) is 31.2 Å². The number of halogens is 1. The van der Waals surface area contributed by atoms with Gasteiger partial charge < -0.3 is 14.4 Å². The Labute approximate surface area is 195 Å². The van der Waals surface area contributed by atoms with Gasteiger partial charge in [0.2, 0.25) is 6.41 Å². The monoisotopic (exact) mass is 465 g/mol. The van der Waals surface area contributed by atoms with E-state index in [1.165, 1.54) is 15.4 Å². The zero-order valence-corrected chi connectivity index (χ0v) is 19.1. The van der Waals surface area contributed by atoms with Gasteiger partial charge in [-0.3, -0.25) is 18.9 Å². The molecule has 4 rings (SSSR count). The van der Waals surface area contributed by atoms with Crippen LogP contribution in [0.15, 0.2) is 43.1 Å². The second-order valence-corrected chi connectivity index (χ2v) is 7.60. The lowest BCUT2D eigenvalue weighted by molar-refractivity contribution is -0.116. The van der Waals surface area contributed by atoms with Gasteiger partial charge in [0.15, 0.2) is 17.3 Å². The van der Waals surface area contributed by atoms with E-state index < -0.39 is 5.82 Å². The van der Waals surface area contributed by atoms with Gasteiger partial charge >= 0.3 is 0 Å². The first-order valence-electron chi connectivity index (χ1n) is 10.5. The number of methoxy groups -OCH3 is 1. The smallest absolute Gasteiger partial charge is 0.214 e. The predicted octanol–water partition coefficient (Wildman–Crippen LogP) is 2.63. The van der Waals surface area contributed by atoms with Crippen LogP contribution in [0.4, 0.5) is 4.39 Å². The van der Waals surface area contributed by atoms with Crippen molar-refractivity contribution in [1.82, 2.24) is 34.3 Å². The number of nitrogens with zero attached hydrogens (tertiary/aromatic N) is 7. The van der Waals surface area contributed by atoms with Crippen LogP contribution in [-0.2, 0) is 23.1 Å². The van der Waals surface area contributed by atoms with Crippen LogP contribution in [0, 0.1) is 12.7 Å². The fourth-order valence-corrected chi connectivity index (χ4v) is 3.35. The molecule has 4 aromatic heterocycles. The van der Waals surface area contributed by atoms with Crippen LogP contribution in [0.3, 0.4) is 0 Å². The van der Waals surface area contributed by atoms with Crippen LogP contribution in [-0.4, -0.2) is 61.0 Å². The molecule has 34 heavy (non-hydrogen) atoms. The molecule has 0 unspecified atom stereocenters. The summed E-state index contributed by atoms with van der Waals surface area (Å²) in [6, 6.07) is 3.25. The first kappa shape index (κ1) is 23.1. The molecule has 4 heterocycles. The van der Waals surface area contributed by atoms with Gasteiger partial charge in [-0.15, -0.1) is 10.2 Å². The number of amides is 1. The molecule has 0 saturated heterocycles.